The third-order valence-corrected chi connectivity index (χ3v) is 3.62. The van der Waals surface area contributed by atoms with Crippen LogP contribution in [0, 0.1) is 0 Å². The summed E-state index contributed by atoms with van der Waals surface area (Å²) in [6, 6.07) is 9.98. The maximum Gasteiger partial charge on any atom is 0.291 e. The first-order chi connectivity index (χ1) is 11.6. The van der Waals surface area contributed by atoms with Gasteiger partial charge in [0.25, 0.3) is 11.8 Å². The van der Waals surface area contributed by atoms with Gasteiger partial charge in [0, 0.05) is 24.3 Å². The SMILES string of the molecule is CCCNCCNC(=O)c1cccc(NC(=O)c2ccc(Br)o2)c1. The van der Waals surface area contributed by atoms with Gasteiger partial charge in [-0.15, -0.1) is 0 Å². The van der Waals surface area contributed by atoms with Gasteiger partial charge in [0.2, 0.25) is 0 Å². The van der Waals surface area contributed by atoms with E-state index >= 15 is 0 Å². The smallest absolute Gasteiger partial charge is 0.291 e. The Labute approximate surface area is 149 Å². The molecule has 0 atom stereocenters. The molecular formula is C17H20BrN3O3. The molecule has 0 saturated heterocycles. The van der Waals surface area contributed by atoms with E-state index in [0.717, 1.165) is 19.5 Å². The highest BCUT2D eigenvalue weighted by Crippen LogP contribution is 2.16. The molecule has 0 spiro atoms. The Kier molecular flexibility index (Phi) is 7.02. The van der Waals surface area contributed by atoms with E-state index in [0.29, 0.717) is 22.5 Å². The van der Waals surface area contributed by atoms with Gasteiger partial charge in [-0.25, -0.2) is 0 Å². The van der Waals surface area contributed by atoms with E-state index in [4.69, 9.17) is 4.42 Å². The Morgan fingerprint density at radius 2 is 1.92 bits per heavy atom. The van der Waals surface area contributed by atoms with E-state index in [-0.39, 0.29) is 17.6 Å². The van der Waals surface area contributed by atoms with Crippen molar-refractivity contribution in [1.29, 1.82) is 0 Å². The second-order valence-electron chi connectivity index (χ2n) is 5.14. The van der Waals surface area contributed by atoms with Gasteiger partial charge >= 0.3 is 0 Å². The first-order valence-electron chi connectivity index (χ1n) is 7.76. The van der Waals surface area contributed by atoms with E-state index in [2.05, 4.69) is 38.8 Å². The van der Waals surface area contributed by atoms with Crippen LogP contribution in [0.3, 0.4) is 0 Å². The zero-order valence-electron chi connectivity index (χ0n) is 13.4. The first-order valence-corrected chi connectivity index (χ1v) is 8.55. The molecule has 1 heterocycles. The average Bonchev–Trinajstić information content (AvgIpc) is 3.01. The highest BCUT2D eigenvalue weighted by atomic mass is 79.9. The van der Waals surface area contributed by atoms with Gasteiger partial charge in [-0.1, -0.05) is 13.0 Å². The molecular weight excluding hydrogens is 374 g/mol. The molecule has 2 aromatic rings. The van der Waals surface area contributed by atoms with E-state index in [9.17, 15) is 9.59 Å². The molecule has 6 nitrogen and oxygen atoms in total. The minimum atomic E-state index is -0.373. The normalized spacial score (nSPS) is 10.4. The number of benzene rings is 1. The van der Waals surface area contributed by atoms with Crippen molar-refractivity contribution in [1.82, 2.24) is 10.6 Å². The molecule has 1 aromatic heterocycles. The number of hydrogen-bond donors (Lipinski definition) is 3. The Morgan fingerprint density at radius 1 is 1.08 bits per heavy atom. The van der Waals surface area contributed by atoms with Crippen LogP contribution >= 0.6 is 15.9 Å². The van der Waals surface area contributed by atoms with E-state index < -0.39 is 0 Å². The molecule has 0 unspecified atom stereocenters. The summed E-state index contributed by atoms with van der Waals surface area (Å²) in [6.45, 7) is 4.30. The van der Waals surface area contributed by atoms with Crippen molar-refractivity contribution in [2.45, 2.75) is 13.3 Å². The number of hydrogen-bond acceptors (Lipinski definition) is 4. The maximum absolute atomic E-state index is 12.1. The number of carbonyl (C=O) groups is 2. The number of nitrogens with one attached hydrogen (secondary N) is 3. The van der Waals surface area contributed by atoms with E-state index in [1.807, 2.05) is 0 Å². The molecule has 3 N–H and O–H groups in total. The summed E-state index contributed by atoms with van der Waals surface area (Å²) in [7, 11) is 0. The fourth-order valence-corrected chi connectivity index (χ4v) is 2.34. The van der Waals surface area contributed by atoms with Crippen molar-refractivity contribution < 1.29 is 14.0 Å². The summed E-state index contributed by atoms with van der Waals surface area (Å²) >= 11 is 3.15. The molecule has 0 aliphatic heterocycles. The number of halogens is 1. The number of anilines is 1. The molecule has 0 bridgehead atoms. The van der Waals surface area contributed by atoms with Crippen LogP contribution in [0.25, 0.3) is 0 Å². The Balaban J connectivity index is 1.90. The van der Waals surface area contributed by atoms with Crippen LogP contribution in [0.2, 0.25) is 0 Å². The first kappa shape index (κ1) is 18.2. The lowest BCUT2D eigenvalue weighted by atomic mass is 10.2. The maximum atomic E-state index is 12.1. The standard InChI is InChI=1S/C17H20BrN3O3/c1-2-8-19-9-10-20-16(22)12-4-3-5-13(11-12)21-17(23)14-6-7-15(18)24-14/h3-7,11,19H,2,8-10H2,1H3,(H,20,22)(H,21,23). The van der Waals surface area contributed by atoms with Gasteiger partial charge in [-0.05, 0) is 59.2 Å². The lowest BCUT2D eigenvalue weighted by Crippen LogP contribution is -2.32. The number of rotatable bonds is 8. The molecule has 0 fully saturated rings. The predicted molar refractivity (Wildman–Crippen MR) is 96.3 cm³/mol. The number of amides is 2. The minimum Gasteiger partial charge on any atom is -0.444 e. The lowest BCUT2D eigenvalue weighted by molar-refractivity contribution is 0.0951. The van der Waals surface area contributed by atoms with Crippen LogP contribution in [-0.4, -0.2) is 31.4 Å². The number of furan rings is 1. The fourth-order valence-electron chi connectivity index (χ4n) is 2.04. The van der Waals surface area contributed by atoms with Crippen LogP contribution in [0.4, 0.5) is 5.69 Å². The largest absolute Gasteiger partial charge is 0.444 e. The summed E-state index contributed by atoms with van der Waals surface area (Å²) in [6.07, 6.45) is 1.06. The van der Waals surface area contributed by atoms with Gasteiger partial charge in [-0.3, -0.25) is 9.59 Å². The van der Waals surface area contributed by atoms with Crippen LogP contribution < -0.4 is 16.0 Å². The monoisotopic (exact) mass is 393 g/mol. The summed E-state index contributed by atoms with van der Waals surface area (Å²) in [5, 5.41) is 8.75. The Bertz CT molecular complexity index is 700. The minimum absolute atomic E-state index is 0.176. The second kappa shape index (κ2) is 9.24. The second-order valence-corrected chi connectivity index (χ2v) is 5.93. The van der Waals surface area contributed by atoms with Crippen molar-refractivity contribution in [3.05, 3.63) is 52.4 Å². The summed E-state index contributed by atoms with van der Waals surface area (Å²) in [5.74, 6) is -0.356. The highest BCUT2D eigenvalue weighted by Gasteiger charge is 2.12. The van der Waals surface area contributed by atoms with Crippen molar-refractivity contribution >= 4 is 33.4 Å². The summed E-state index contributed by atoms with van der Waals surface area (Å²) in [4.78, 5) is 24.2. The molecule has 2 amide bonds. The van der Waals surface area contributed by atoms with Gasteiger partial charge in [0.05, 0.1) is 0 Å². The molecule has 0 aliphatic carbocycles. The molecule has 0 radical (unpaired) electrons. The predicted octanol–water partition coefficient (Wildman–Crippen LogP) is 3.02. The highest BCUT2D eigenvalue weighted by molar-refractivity contribution is 9.10. The van der Waals surface area contributed by atoms with Crippen LogP contribution in [0.5, 0.6) is 0 Å². The molecule has 128 valence electrons. The van der Waals surface area contributed by atoms with Crippen molar-refractivity contribution in [3.63, 3.8) is 0 Å². The average molecular weight is 394 g/mol. The molecule has 0 saturated carbocycles. The van der Waals surface area contributed by atoms with Gasteiger partial charge in [-0.2, -0.15) is 0 Å². The van der Waals surface area contributed by atoms with E-state index in [1.165, 1.54) is 0 Å². The van der Waals surface area contributed by atoms with Crippen LogP contribution in [0.15, 0.2) is 45.5 Å². The topological polar surface area (TPSA) is 83.4 Å². The van der Waals surface area contributed by atoms with E-state index in [1.54, 1.807) is 36.4 Å². The number of carbonyl (C=O) groups excluding carboxylic acids is 2. The van der Waals surface area contributed by atoms with Crippen LogP contribution in [-0.2, 0) is 0 Å². The summed E-state index contributed by atoms with van der Waals surface area (Å²) < 4.78 is 5.68. The molecule has 2 rings (SSSR count). The van der Waals surface area contributed by atoms with Crippen LogP contribution in [0.1, 0.15) is 34.3 Å². The lowest BCUT2D eigenvalue weighted by Gasteiger charge is -2.08. The van der Waals surface area contributed by atoms with Gasteiger partial charge in [0.1, 0.15) is 0 Å². The zero-order valence-corrected chi connectivity index (χ0v) is 15.0. The zero-order chi connectivity index (χ0) is 17.4. The molecule has 7 heteroatoms. The fraction of sp³-hybridized carbons (Fsp3) is 0.294. The quantitative estimate of drug-likeness (QED) is 0.601. The third kappa shape index (κ3) is 5.50. The molecule has 0 aliphatic rings. The van der Waals surface area contributed by atoms with Gasteiger partial charge < -0.3 is 20.4 Å². The van der Waals surface area contributed by atoms with Crippen molar-refractivity contribution in [2.75, 3.05) is 25.0 Å². The van der Waals surface area contributed by atoms with Crippen molar-refractivity contribution in [3.8, 4) is 0 Å². The third-order valence-electron chi connectivity index (χ3n) is 3.19. The Morgan fingerprint density at radius 3 is 2.62 bits per heavy atom. The molecule has 1 aromatic carbocycles. The molecule has 24 heavy (non-hydrogen) atoms. The van der Waals surface area contributed by atoms with Gasteiger partial charge in [0.15, 0.2) is 10.4 Å². The Hall–Kier alpha value is -2.12. The summed E-state index contributed by atoms with van der Waals surface area (Å²) in [5.41, 5.74) is 1.02. The van der Waals surface area contributed by atoms with Crippen molar-refractivity contribution in [2.24, 2.45) is 0 Å².